The van der Waals surface area contributed by atoms with Crippen LogP contribution in [-0.4, -0.2) is 54.0 Å². The van der Waals surface area contributed by atoms with Crippen LogP contribution in [0.15, 0.2) is 24.3 Å². The summed E-state index contributed by atoms with van der Waals surface area (Å²) < 4.78 is 60.7. The summed E-state index contributed by atoms with van der Waals surface area (Å²) in [5.74, 6) is 0.736. The van der Waals surface area contributed by atoms with E-state index in [4.69, 9.17) is 16.3 Å². The molecule has 0 spiro atoms. The molecule has 1 aliphatic carbocycles. The van der Waals surface area contributed by atoms with Gasteiger partial charge in [-0.05, 0) is 67.7 Å². The minimum Gasteiger partial charge on any atom is -0.381 e. The molecule has 3 fully saturated rings. The molecule has 2 aromatic rings. The van der Waals surface area contributed by atoms with E-state index in [9.17, 15) is 17.6 Å². The molecule has 5 nitrogen and oxygen atoms in total. The van der Waals surface area contributed by atoms with Gasteiger partial charge < -0.3 is 15.0 Å². The topological polar surface area (TPSA) is 50.3 Å². The first kappa shape index (κ1) is 23.8. The van der Waals surface area contributed by atoms with E-state index in [0.717, 1.165) is 76.7 Å². The van der Waals surface area contributed by atoms with Gasteiger partial charge >= 0.3 is 6.18 Å². The molecule has 1 aromatic carbocycles. The number of rotatable bonds is 5. The van der Waals surface area contributed by atoms with Crippen molar-refractivity contribution in [2.24, 2.45) is 17.8 Å². The molecule has 34 heavy (non-hydrogen) atoms. The van der Waals surface area contributed by atoms with Gasteiger partial charge in [0, 0.05) is 44.5 Å². The molecule has 0 radical (unpaired) electrons. The van der Waals surface area contributed by atoms with E-state index in [2.05, 4.69) is 20.4 Å². The third-order valence-corrected chi connectivity index (χ3v) is 7.66. The van der Waals surface area contributed by atoms with Gasteiger partial charge in [0.1, 0.15) is 11.4 Å². The highest BCUT2D eigenvalue weighted by Crippen LogP contribution is 2.42. The van der Waals surface area contributed by atoms with Crippen LogP contribution in [0.1, 0.15) is 31.2 Å². The molecule has 1 N–H and O–H groups in total. The fourth-order valence-corrected chi connectivity index (χ4v) is 5.91. The normalized spacial score (nSPS) is 26.1. The lowest BCUT2D eigenvalue weighted by atomic mass is 10.00. The largest absolute Gasteiger partial charge is 0.420 e. The van der Waals surface area contributed by atoms with Crippen LogP contribution < -0.4 is 5.32 Å². The summed E-state index contributed by atoms with van der Waals surface area (Å²) in [6, 6.07) is 4.29. The smallest absolute Gasteiger partial charge is 0.381 e. The maximum absolute atomic E-state index is 13.9. The second kappa shape index (κ2) is 9.59. The van der Waals surface area contributed by atoms with Crippen molar-refractivity contribution in [1.82, 2.24) is 15.1 Å². The lowest BCUT2D eigenvalue weighted by Crippen LogP contribution is -2.32. The van der Waals surface area contributed by atoms with E-state index in [-0.39, 0.29) is 28.1 Å². The number of nitrogens with zero attached hydrogens (tertiary/aromatic N) is 3. The SMILES string of the molecule is Fc1ccc(Cl)c(-c2cc(C(F)(F)F)c(N[C@@H]3C[C@@H]4CN(CC5CCOCC5)C[C@@H]4C3)nn2)c1. The Bertz CT molecular complexity index is 1020. The standard InChI is InChI=1S/C24H27ClF4N4O/c25-21-2-1-17(26)9-19(21)22-10-20(24(27,28)29)23(32-31-22)30-18-7-15-12-33(13-16(15)8-18)11-14-3-5-34-6-4-14/h1-2,9-10,14-16,18H,3-8,11-13H2,(H,30,32)/t15-,16+,18-. The van der Waals surface area contributed by atoms with Crippen LogP contribution in [0.2, 0.25) is 5.02 Å². The Balaban J connectivity index is 1.26. The van der Waals surface area contributed by atoms with Gasteiger partial charge in [0.2, 0.25) is 0 Å². The predicted molar refractivity (Wildman–Crippen MR) is 121 cm³/mol. The molecule has 3 aliphatic rings. The maximum Gasteiger partial charge on any atom is 0.420 e. The van der Waals surface area contributed by atoms with E-state index in [1.165, 1.54) is 6.07 Å². The zero-order valence-corrected chi connectivity index (χ0v) is 19.4. The maximum atomic E-state index is 13.9. The molecule has 2 saturated heterocycles. The van der Waals surface area contributed by atoms with Crippen molar-refractivity contribution >= 4 is 17.4 Å². The lowest BCUT2D eigenvalue weighted by molar-refractivity contribution is -0.137. The molecule has 10 heteroatoms. The molecule has 3 atom stereocenters. The summed E-state index contributed by atoms with van der Waals surface area (Å²) in [4.78, 5) is 2.51. The third-order valence-electron chi connectivity index (χ3n) is 7.33. The number of hydrogen-bond acceptors (Lipinski definition) is 5. The number of anilines is 1. The van der Waals surface area contributed by atoms with Gasteiger partial charge in [-0.15, -0.1) is 10.2 Å². The Kier molecular flexibility index (Phi) is 6.70. The Morgan fingerprint density at radius 2 is 1.76 bits per heavy atom. The lowest BCUT2D eigenvalue weighted by Gasteiger charge is -2.28. The van der Waals surface area contributed by atoms with Crippen LogP contribution >= 0.6 is 11.6 Å². The second-order valence-corrected chi connectivity index (χ2v) is 10.1. The fraction of sp³-hybridized carbons (Fsp3) is 0.583. The summed E-state index contributed by atoms with van der Waals surface area (Å²) in [5.41, 5.74) is -0.961. The highest BCUT2D eigenvalue weighted by Gasteiger charge is 2.43. The third kappa shape index (κ3) is 5.16. The fourth-order valence-electron chi connectivity index (χ4n) is 5.69. The molecule has 184 valence electrons. The minimum absolute atomic E-state index is 0.0752. The van der Waals surface area contributed by atoms with Gasteiger partial charge in [0.15, 0.2) is 5.82 Å². The number of hydrogen-bond donors (Lipinski definition) is 1. The molecule has 0 unspecified atom stereocenters. The van der Waals surface area contributed by atoms with Crippen molar-refractivity contribution in [3.05, 3.63) is 40.7 Å². The van der Waals surface area contributed by atoms with Crippen LogP contribution in [0.4, 0.5) is 23.4 Å². The van der Waals surface area contributed by atoms with Gasteiger partial charge in [-0.1, -0.05) is 11.6 Å². The number of alkyl halides is 3. The number of nitrogens with one attached hydrogen (secondary N) is 1. The van der Waals surface area contributed by atoms with Crippen LogP contribution in [0.5, 0.6) is 0 Å². The van der Waals surface area contributed by atoms with Gasteiger partial charge in [-0.2, -0.15) is 13.2 Å². The molecule has 1 aromatic heterocycles. The highest BCUT2D eigenvalue weighted by molar-refractivity contribution is 6.33. The highest BCUT2D eigenvalue weighted by atomic mass is 35.5. The summed E-state index contributed by atoms with van der Waals surface area (Å²) in [6.07, 6.45) is -0.809. The van der Waals surface area contributed by atoms with Crippen molar-refractivity contribution in [3.63, 3.8) is 0 Å². The number of likely N-dealkylation sites (tertiary alicyclic amines) is 1. The van der Waals surface area contributed by atoms with Gasteiger partial charge in [-0.25, -0.2) is 4.39 Å². The van der Waals surface area contributed by atoms with Crippen LogP contribution in [0, 0.1) is 23.6 Å². The van der Waals surface area contributed by atoms with Crippen molar-refractivity contribution in [1.29, 1.82) is 0 Å². The number of halogens is 5. The number of aromatic nitrogens is 2. The first-order chi connectivity index (χ1) is 16.3. The zero-order valence-electron chi connectivity index (χ0n) is 18.6. The Hall–Kier alpha value is -1.97. The average molecular weight is 499 g/mol. The van der Waals surface area contributed by atoms with Gasteiger partial charge in [0.05, 0.1) is 10.7 Å². The molecule has 0 amide bonds. The predicted octanol–water partition coefficient (Wildman–Crippen LogP) is 5.50. The van der Waals surface area contributed by atoms with E-state index in [1.807, 2.05) is 0 Å². The zero-order chi connectivity index (χ0) is 23.9. The van der Waals surface area contributed by atoms with E-state index < -0.39 is 17.6 Å². The second-order valence-electron chi connectivity index (χ2n) is 9.72. The quantitative estimate of drug-likeness (QED) is 0.551. The molecule has 5 rings (SSSR count). The number of ether oxygens (including phenoxy) is 1. The van der Waals surface area contributed by atoms with E-state index in [0.29, 0.717) is 17.8 Å². The van der Waals surface area contributed by atoms with Crippen molar-refractivity contribution in [2.45, 2.75) is 37.9 Å². The molecule has 3 heterocycles. The summed E-state index contributed by atoms with van der Waals surface area (Å²) in [5, 5.41) is 10.9. The van der Waals surface area contributed by atoms with E-state index in [1.54, 1.807) is 0 Å². The molecule has 1 saturated carbocycles. The molecule has 2 aliphatic heterocycles. The van der Waals surface area contributed by atoms with Gasteiger partial charge in [0.25, 0.3) is 0 Å². The van der Waals surface area contributed by atoms with E-state index >= 15 is 0 Å². The average Bonchev–Trinajstić information content (AvgIpc) is 3.33. The van der Waals surface area contributed by atoms with Gasteiger partial charge in [-0.3, -0.25) is 0 Å². The summed E-state index contributed by atoms with van der Waals surface area (Å²) in [6.45, 7) is 4.75. The Morgan fingerprint density at radius 1 is 1.06 bits per heavy atom. The van der Waals surface area contributed by atoms with Crippen LogP contribution in [0.3, 0.4) is 0 Å². The first-order valence-electron chi connectivity index (χ1n) is 11.7. The summed E-state index contributed by atoms with van der Waals surface area (Å²) >= 11 is 6.06. The van der Waals surface area contributed by atoms with Crippen LogP contribution in [-0.2, 0) is 10.9 Å². The van der Waals surface area contributed by atoms with Crippen molar-refractivity contribution in [3.8, 4) is 11.3 Å². The number of benzene rings is 1. The minimum atomic E-state index is -4.64. The number of fused-ring (bicyclic) bond motifs is 1. The molecular formula is C24H27ClF4N4O. The Morgan fingerprint density at radius 3 is 2.44 bits per heavy atom. The molecular weight excluding hydrogens is 472 g/mol. The van der Waals surface area contributed by atoms with Crippen LogP contribution in [0.25, 0.3) is 11.3 Å². The van der Waals surface area contributed by atoms with Crippen molar-refractivity contribution < 1.29 is 22.3 Å². The van der Waals surface area contributed by atoms with Crippen molar-refractivity contribution in [2.75, 3.05) is 38.2 Å². The summed E-state index contributed by atoms with van der Waals surface area (Å²) in [7, 11) is 0. The monoisotopic (exact) mass is 498 g/mol. The Labute approximate surface area is 200 Å². The first-order valence-corrected chi connectivity index (χ1v) is 12.1. The molecule has 0 bridgehead atoms.